The van der Waals surface area contributed by atoms with Gasteiger partial charge in [0.05, 0.1) is 20.6 Å². The normalized spacial score (nSPS) is 16.3. The number of aromatic nitrogens is 3. The first-order valence-electron chi connectivity index (χ1n) is 26.4. The van der Waals surface area contributed by atoms with Gasteiger partial charge in [0, 0.05) is 71.4 Å². The Morgan fingerprint density at radius 1 is 0.677 bits per heavy atom. The van der Waals surface area contributed by atoms with E-state index in [-0.39, 0.29) is 65.8 Å². The van der Waals surface area contributed by atoms with Crippen LogP contribution in [-0.2, 0) is 31.3 Å². The Kier molecular flexibility index (Phi) is 7.21. The molecule has 0 radical (unpaired) electrons. The number of hydrogen-bond acceptors (Lipinski definition) is 4. The largest absolute Gasteiger partial charge is 0.509 e. The number of anilines is 2. The molecule has 62 heavy (non-hydrogen) atoms. The van der Waals surface area contributed by atoms with Gasteiger partial charge in [0.2, 0.25) is 0 Å². The fraction of sp³-hybridized carbons (Fsp3) is 0.164. The maximum absolute atomic E-state index is 9.72. The zero-order valence-corrected chi connectivity index (χ0v) is 36.3. The van der Waals surface area contributed by atoms with Crippen LogP contribution in [0, 0.1) is 25.7 Å². The van der Waals surface area contributed by atoms with E-state index in [2.05, 4.69) is 76.9 Å². The predicted molar refractivity (Wildman–Crippen MR) is 252 cm³/mol. The van der Waals surface area contributed by atoms with Crippen molar-refractivity contribution in [1.82, 2.24) is 14.1 Å². The molecule has 9 aromatic rings. The van der Waals surface area contributed by atoms with E-state index < -0.39 is 78.1 Å². The van der Waals surface area contributed by atoms with Crippen LogP contribution in [0.15, 0.2) is 158 Å². The number of fused-ring (bicyclic) bond motifs is 5. The van der Waals surface area contributed by atoms with Crippen LogP contribution in [0.4, 0.5) is 11.4 Å². The van der Waals surface area contributed by atoms with Gasteiger partial charge in [-0.3, -0.25) is 0 Å². The van der Waals surface area contributed by atoms with Gasteiger partial charge in [-0.2, -0.15) is 12.1 Å². The van der Waals surface area contributed by atoms with E-state index in [0.717, 1.165) is 28.0 Å². The molecule has 0 bridgehead atoms. The van der Waals surface area contributed by atoms with Gasteiger partial charge in [-0.1, -0.05) is 125 Å². The summed E-state index contributed by atoms with van der Waals surface area (Å²) in [6.07, 6.45) is 2.83. The molecule has 312 valence electrons. The summed E-state index contributed by atoms with van der Waals surface area (Å²) in [5, 5.41) is 1.18. The fourth-order valence-electron chi connectivity index (χ4n) is 7.66. The molecule has 0 saturated heterocycles. The summed E-state index contributed by atoms with van der Waals surface area (Å²) in [6.45, 7) is 11.6. The van der Waals surface area contributed by atoms with Gasteiger partial charge in [0.15, 0.2) is 0 Å². The van der Waals surface area contributed by atoms with Crippen molar-refractivity contribution in [1.29, 1.82) is 0 Å². The van der Waals surface area contributed by atoms with Crippen LogP contribution in [-0.4, -0.2) is 14.1 Å². The summed E-state index contributed by atoms with van der Waals surface area (Å²) in [4.78, 5) is 8.13. The first kappa shape index (κ1) is 28.3. The van der Waals surface area contributed by atoms with Gasteiger partial charge < -0.3 is 23.7 Å². The molecule has 0 aliphatic carbocycles. The molecule has 0 saturated carbocycles. The van der Waals surface area contributed by atoms with Gasteiger partial charge in [0.25, 0.3) is 0 Å². The summed E-state index contributed by atoms with van der Waals surface area (Å²) >= 11 is 0. The van der Waals surface area contributed by atoms with Crippen LogP contribution in [0.3, 0.4) is 0 Å². The molecule has 1 aliphatic rings. The zero-order chi connectivity index (χ0) is 53.2. The zero-order valence-electron chi connectivity index (χ0n) is 47.8. The van der Waals surface area contributed by atoms with Crippen molar-refractivity contribution in [3.8, 4) is 34.1 Å². The summed E-state index contributed by atoms with van der Waals surface area (Å²) in [7, 11) is 0. The van der Waals surface area contributed by atoms with Crippen molar-refractivity contribution < 1.29 is 43.0 Å². The summed E-state index contributed by atoms with van der Waals surface area (Å²) in [5.74, 6) is -0.501. The number of nitrogens with zero attached hydrogens (tertiary/aromatic N) is 5. The molecule has 0 spiro atoms. The summed E-state index contributed by atoms with van der Waals surface area (Å²) in [5.41, 5.74) is 3.91. The van der Waals surface area contributed by atoms with E-state index in [4.69, 9.17) is 19.8 Å². The number of pyridine rings is 1. The van der Waals surface area contributed by atoms with E-state index in [1.54, 1.807) is 29.9 Å². The molecule has 6 aromatic carbocycles. The topological polar surface area (TPSA) is 38.5 Å². The van der Waals surface area contributed by atoms with Crippen LogP contribution in [0.2, 0.25) is 0 Å². The molecular weight excluding hydrogens is 853 g/mol. The Bertz CT molecular complexity index is 3780. The van der Waals surface area contributed by atoms with Crippen LogP contribution in [0.25, 0.3) is 55.5 Å². The van der Waals surface area contributed by atoms with Crippen LogP contribution in [0.1, 0.15) is 76.1 Å². The number of benzene rings is 6. The second kappa shape index (κ2) is 15.8. The van der Waals surface area contributed by atoms with Crippen molar-refractivity contribution in [3.63, 3.8) is 0 Å². The van der Waals surface area contributed by atoms with Crippen LogP contribution < -0.4 is 14.5 Å². The monoisotopic (exact) mass is 913 g/mol. The van der Waals surface area contributed by atoms with E-state index in [1.807, 2.05) is 70.3 Å². The number of rotatable bonds is 7. The average molecular weight is 915 g/mol. The second-order valence-electron chi connectivity index (χ2n) is 17.0. The summed E-state index contributed by atoms with van der Waals surface area (Å²) < 4.78 is 124. The van der Waals surface area contributed by atoms with Gasteiger partial charge in [0.1, 0.15) is 5.82 Å². The van der Waals surface area contributed by atoms with Gasteiger partial charge in [-0.05, 0) is 91.5 Å². The minimum atomic E-state index is -3.16. The molecule has 0 unspecified atom stereocenters. The molecule has 3 aromatic heterocycles. The maximum Gasteiger partial charge on any atom is 0.135 e. The quantitative estimate of drug-likeness (QED) is 0.118. The molecule has 6 nitrogen and oxygen atoms in total. The maximum atomic E-state index is 9.72. The van der Waals surface area contributed by atoms with Crippen molar-refractivity contribution in [3.05, 3.63) is 193 Å². The Morgan fingerprint density at radius 3 is 2.13 bits per heavy atom. The third-order valence-corrected chi connectivity index (χ3v) is 10.8. The Morgan fingerprint density at radius 2 is 1.39 bits per heavy atom. The molecule has 10 rings (SSSR count). The third-order valence-electron chi connectivity index (χ3n) is 10.8. The van der Waals surface area contributed by atoms with Crippen molar-refractivity contribution in [2.45, 2.75) is 59.2 Å². The average Bonchev–Trinajstić information content (AvgIpc) is 4.06. The Hall–Kier alpha value is -6.39. The smallest absolute Gasteiger partial charge is 0.135 e. The van der Waals surface area contributed by atoms with E-state index in [1.165, 1.54) is 4.57 Å². The summed E-state index contributed by atoms with van der Waals surface area (Å²) in [6, 6.07) is 27.7. The SMILES string of the molecule is [2H]c1nc(-n2c3[c-]c(Oc4[c-]c(N5C=CN(c6cc(C(C)(C)C)cc(C(C)(C)C)c6)[CH-]5)c([2H])c([2H])c4[2H])ccc3c3c2c2ccccc2n3-c2ccccc2)c([2H])c(C([2H])([2H])[2H])c1-c1c([2H])c([2H])c([2H])c([2H])c1[2H].[Pd]. The van der Waals surface area contributed by atoms with Gasteiger partial charge >= 0.3 is 0 Å². The van der Waals surface area contributed by atoms with Gasteiger partial charge in [-0.25, -0.2) is 4.98 Å². The second-order valence-corrected chi connectivity index (χ2v) is 17.0. The number of para-hydroxylation sites is 2. The first-order chi connectivity index (χ1) is 34.8. The van der Waals surface area contributed by atoms with Crippen LogP contribution >= 0.6 is 0 Å². The predicted octanol–water partition coefficient (Wildman–Crippen LogP) is 14.0. The molecule has 0 N–H and O–H groups in total. The molecule has 1 aliphatic heterocycles. The standard InChI is InChI=1S/C55H48N5O.Pd/c1-37-29-51(56-35-48(37)38-17-10-8-11-18-38)60-50-34-45(25-26-47(50)52-53(60)46-23-14-15-24-49(46)59(52)41-19-12-9-13-20-41)61-44-22-16-21-42(33-44)57-27-28-58(36-57)43-31-39(54(2,3)4)30-40(32-43)55(5,6)7;/h8-32,35-36H,1-7H3;/q-3;/i1D3,8D,10D,11D,16D,17D,18D,21D,22D,29D,35D;. The number of hydrogen-bond donors (Lipinski definition) is 0. The fourth-order valence-corrected chi connectivity index (χ4v) is 7.66. The molecule has 4 heterocycles. The molecule has 7 heteroatoms. The van der Waals surface area contributed by atoms with E-state index in [0.29, 0.717) is 21.8 Å². The minimum Gasteiger partial charge on any atom is -0.509 e. The minimum absolute atomic E-state index is 0. The van der Waals surface area contributed by atoms with Crippen molar-refractivity contribution >= 4 is 44.2 Å². The van der Waals surface area contributed by atoms with Gasteiger partial charge in [-0.15, -0.1) is 42.6 Å². The number of ether oxygens (including phenoxy) is 1. The molecule has 0 fully saturated rings. The Balaban J connectivity index is 0.00000689. The van der Waals surface area contributed by atoms with Crippen LogP contribution in [0.5, 0.6) is 11.5 Å². The van der Waals surface area contributed by atoms with E-state index in [9.17, 15) is 2.74 Å². The first-order valence-corrected chi connectivity index (χ1v) is 19.9. The molecular formula is C55H48N5OPd-3. The molecule has 0 amide bonds. The third kappa shape index (κ3) is 7.40. The van der Waals surface area contributed by atoms with Crippen molar-refractivity contribution in [2.24, 2.45) is 0 Å². The van der Waals surface area contributed by atoms with Crippen molar-refractivity contribution in [2.75, 3.05) is 9.80 Å². The Labute approximate surface area is 396 Å². The van der Waals surface area contributed by atoms with E-state index >= 15 is 0 Å². The molecule has 0 atom stereocenters.